The number of halogens is 1. The van der Waals surface area contributed by atoms with Crippen LogP contribution < -0.4 is 10.6 Å². The topological polar surface area (TPSA) is 66.9 Å². The molecule has 0 unspecified atom stereocenters. The highest BCUT2D eigenvalue weighted by Crippen LogP contribution is 2.21. The Morgan fingerprint density at radius 2 is 2.30 bits per heavy atom. The van der Waals surface area contributed by atoms with E-state index in [4.69, 9.17) is 11.6 Å². The van der Waals surface area contributed by atoms with Gasteiger partial charge in [0, 0.05) is 18.1 Å². The molecule has 2 aromatic heterocycles. The lowest BCUT2D eigenvalue weighted by molar-refractivity contribution is 0.102. The molecular weight excluding hydrogens is 296 g/mol. The average Bonchev–Trinajstić information content (AvgIpc) is 2.83. The summed E-state index contributed by atoms with van der Waals surface area (Å²) in [5, 5.41) is 8.60. The molecule has 1 amide bonds. The molecule has 106 valence electrons. The largest absolute Gasteiger partial charge is 0.370 e. The third kappa shape index (κ3) is 3.68. The Kier molecular flexibility index (Phi) is 4.92. The van der Waals surface area contributed by atoms with E-state index in [-0.39, 0.29) is 5.91 Å². The molecule has 0 atom stereocenters. The molecule has 0 bridgehead atoms. The summed E-state index contributed by atoms with van der Waals surface area (Å²) in [7, 11) is 0. The van der Waals surface area contributed by atoms with E-state index in [1.165, 1.54) is 17.5 Å². The summed E-state index contributed by atoms with van der Waals surface area (Å²) < 4.78 is 0. The molecule has 0 radical (unpaired) electrons. The molecule has 0 fully saturated rings. The second kappa shape index (κ2) is 6.67. The minimum atomic E-state index is -0.286. The summed E-state index contributed by atoms with van der Waals surface area (Å²) in [4.78, 5) is 20.5. The van der Waals surface area contributed by atoms with Crippen LogP contribution >= 0.6 is 22.9 Å². The zero-order valence-corrected chi connectivity index (χ0v) is 12.8. The third-order valence-corrected chi connectivity index (χ3v) is 3.67. The molecular formula is C13H15ClN4OS. The van der Waals surface area contributed by atoms with Gasteiger partial charge in [-0.2, -0.15) is 0 Å². The van der Waals surface area contributed by atoms with Crippen LogP contribution in [0.1, 0.15) is 29.4 Å². The Morgan fingerprint density at radius 3 is 2.95 bits per heavy atom. The van der Waals surface area contributed by atoms with Crippen molar-refractivity contribution in [2.75, 3.05) is 17.2 Å². The van der Waals surface area contributed by atoms with Gasteiger partial charge in [-0.3, -0.25) is 10.1 Å². The summed E-state index contributed by atoms with van der Waals surface area (Å²) in [6, 6.07) is 1.65. The van der Waals surface area contributed by atoms with Crippen molar-refractivity contribution >= 4 is 39.8 Å². The summed E-state index contributed by atoms with van der Waals surface area (Å²) in [5.41, 5.74) is 1.25. The van der Waals surface area contributed by atoms with Crippen molar-refractivity contribution in [1.82, 2.24) is 9.97 Å². The van der Waals surface area contributed by atoms with E-state index in [0.29, 0.717) is 21.5 Å². The van der Waals surface area contributed by atoms with Crippen molar-refractivity contribution in [2.24, 2.45) is 0 Å². The van der Waals surface area contributed by atoms with Gasteiger partial charge in [0.15, 0.2) is 5.13 Å². The zero-order chi connectivity index (χ0) is 14.5. The van der Waals surface area contributed by atoms with E-state index in [0.717, 1.165) is 18.7 Å². The predicted molar refractivity (Wildman–Crippen MR) is 82.8 cm³/mol. The van der Waals surface area contributed by atoms with E-state index < -0.39 is 0 Å². The standard InChI is InChI=1S/C13H15ClN4OS/c1-3-4-15-11-5-9(10(14)6-16-11)12(19)18-13-17-8(2)7-20-13/h5-7H,3-4H2,1-2H3,(H,15,16)(H,17,18,19). The molecule has 2 heterocycles. The summed E-state index contributed by atoms with van der Waals surface area (Å²) in [5.74, 6) is 0.350. The highest BCUT2D eigenvalue weighted by atomic mass is 35.5. The first-order chi connectivity index (χ1) is 9.60. The molecule has 5 nitrogen and oxygen atoms in total. The second-order valence-corrected chi connectivity index (χ2v) is 5.49. The van der Waals surface area contributed by atoms with Gasteiger partial charge in [-0.25, -0.2) is 9.97 Å². The summed E-state index contributed by atoms with van der Waals surface area (Å²) >= 11 is 7.41. The Morgan fingerprint density at radius 1 is 1.50 bits per heavy atom. The van der Waals surface area contributed by atoms with E-state index in [9.17, 15) is 4.79 Å². The van der Waals surface area contributed by atoms with Crippen LogP contribution in [0.15, 0.2) is 17.6 Å². The van der Waals surface area contributed by atoms with Crippen LogP contribution in [0.4, 0.5) is 10.9 Å². The Balaban J connectivity index is 2.15. The Hall–Kier alpha value is -1.66. The van der Waals surface area contributed by atoms with Crippen LogP contribution in [-0.4, -0.2) is 22.4 Å². The van der Waals surface area contributed by atoms with E-state index in [1.54, 1.807) is 6.07 Å². The van der Waals surface area contributed by atoms with E-state index >= 15 is 0 Å². The minimum absolute atomic E-state index is 0.286. The molecule has 2 N–H and O–H groups in total. The summed E-state index contributed by atoms with van der Waals surface area (Å²) in [6.45, 7) is 4.72. The lowest BCUT2D eigenvalue weighted by atomic mass is 10.2. The number of aryl methyl sites for hydroxylation is 1. The van der Waals surface area contributed by atoms with Gasteiger partial charge in [0.25, 0.3) is 5.91 Å². The second-order valence-electron chi connectivity index (χ2n) is 4.22. The first kappa shape index (κ1) is 14.7. The quantitative estimate of drug-likeness (QED) is 0.886. The van der Waals surface area contributed by atoms with Crippen LogP contribution in [0.3, 0.4) is 0 Å². The number of hydrogen-bond acceptors (Lipinski definition) is 5. The molecule has 20 heavy (non-hydrogen) atoms. The molecule has 0 aliphatic heterocycles. The number of hydrogen-bond donors (Lipinski definition) is 2. The van der Waals surface area contributed by atoms with Crippen LogP contribution in [0.5, 0.6) is 0 Å². The number of thiazole rings is 1. The first-order valence-electron chi connectivity index (χ1n) is 6.23. The lowest BCUT2D eigenvalue weighted by Crippen LogP contribution is -2.13. The van der Waals surface area contributed by atoms with Gasteiger partial charge >= 0.3 is 0 Å². The molecule has 7 heteroatoms. The van der Waals surface area contributed by atoms with Gasteiger partial charge in [0.2, 0.25) is 0 Å². The fraction of sp³-hybridized carbons (Fsp3) is 0.308. The van der Waals surface area contributed by atoms with Crippen molar-refractivity contribution in [3.05, 3.63) is 33.9 Å². The van der Waals surface area contributed by atoms with Gasteiger partial charge in [-0.15, -0.1) is 11.3 Å². The number of anilines is 2. The smallest absolute Gasteiger partial charge is 0.259 e. The third-order valence-electron chi connectivity index (χ3n) is 2.50. The number of nitrogens with one attached hydrogen (secondary N) is 2. The average molecular weight is 311 g/mol. The fourth-order valence-corrected chi connectivity index (χ4v) is 2.41. The highest BCUT2D eigenvalue weighted by molar-refractivity contribution is 7.13. The maximum Gasteiger partial charge on any atom is 0.259 e. The first-order valence-corrected chi connectivity index (χ1v) is 7.48. The van der Waals surface area contributed by atoms with Gasteiger partial charge in [0.1, 0.15) is 5.82 Å². The normalized spacial score (nSPS) is 10.3. The number of pyridine rings is 1. The number of aromatic nitrogens is 2. The van der Waals surface area contributed by atoms with Gasteiger partial charge in [0.05, 0.1) is 16.3 Å². The number of amides is 1. The molecule has 2 rings (SSSR count). The zero-order valence-electron chi connectivity index (χ0n) is 11.2. The maximum atomic E-state index is 12.2. The number of carbonyl (C=O) groups excluding carboxylic acids is 1. The van der Waals surface area contributed by atoms with Gasteiger partial charge in [-0.05, 0) is 19.4 Å². The molecule has 2 aromatic rings. The van der Waals surface area contributed by atoms with Crippen molar-refractivity contribution in [3.8, 4) is 0 Å². The van der Waals surface area contributed by atoms with E-state index in [2.05, 4.69) is 27.5 Å². The van der Waals surface area contributed by atoms with Crippen molar-refractivity contribution < 1.29 is 4.79 Å². The summed E-state index contributed by atoms with van der Waals surface area (Å²) in [6.07, 6.45) is 2.45. The minimum Gasteiger partial charge on any atom is -0.370 e. The highest BCUT2D eigenvalue weighted by Gasteiger charge is 2.13. The number of rotatable bonds is 5. The van der Waals surface area contributed by atoms with Crippen molar-refractivity contribution in [3.63, 3.8) is 0 Å². The number of nitrogens with zero attached hydrogens (tertiary/aromatic N) is 2. The molecule has 0 aromatic carbocycles. The maximum absolute atomic E-state index is 12.2. The molecule has 0 saturated heterocycles. The van der Waals surface area contributed by atoms with Crippen LogP contribution in [0.2, 0.25) is 5.02 Å². The monoisotopic (exact) mass is 310 g/mol. The van der Waals surface area contributed by atoms with Crippen molar-refractivity contribution in [1.29, 1.82) is 0 Å². The predicted octanol–water partition coefficient (Wildman–Crippen LogP) is 3.57. The van der Waals surface area contributed by atoms with Gasteiger partial charge < -0.3 is 5.32 Å². The van der Waals surface area contributed by atoms with Crippen molar-refractivity contribution in [2.45, 2.75) is 20.3 Å². The SMILES string of the molecule is CCCNc1cc(C(=O)Nc2nc(C)cs2)c(Cl)cn1. The fourth-order valence-electron chi connectivity index (χ4n) is 1.54. The van der Waals surface area contributed by atoms with Crippen LogP contribution in [-0.2, 0) is 0 Å². The molecule has 0 spiro atoms. The van der Waals surface area contributed by atoms with Gasteiger partial charge in [-0.1, -0.05) is 18.5 Å². The molecule has 0 aliphatic carbocycles. The Labute approximate surface area is 126 Å². The van der Waals surface area contributed by atoms with Crippen LogP contribution in [0, 0.1) is 6.92 Å². The Bertz CT molecular complexity index is 614. The molecule has 0 aliphatic rings. The molecule has 0 saturated carbocycles. The van der Waals surface area contributed by atoms with E-state index in [1.807, 2.05) is 12.3 Å². The lowest BCUT2D eigenvalue weighted by Gasteiger charge is -2.08. The van der Waals surface area contributed by atoms with Crippen LogP contribution in [0.25, 0.3) is 0 Å². The number of carbonyl (C=O) groups is 1.